The van der Waals surface area contributed by atoms with E-state index < -0.39 is 0 Å². The highest BCUT2D eigenvalue weighted by molar-refractivity contribution is 6.30. The molecule has 2 heterocycles. The van der Waals surface area contributed by atoms with Crippen molar-refractivity contribution in [3.05, 3.63) is 46.7 Å². The van der Waals surface area contributed by atoms with Gasteiger partial charge in [0.15, 0.2) is 0 Å². The number of piperidine rings is 1. The van der Waals surface area contributed by atoms with Crippen LogP contribution in [-0.2, 0) is 6.54 Å². The van der Waals surface area contributed by atoms with Crippen LogP contribution in [0.2, 0.25) is 5.15 Å². The van der Waals surface area contributed by atoms with Crippen molar-refractivity contribution in [2.45, 2.75) is 71.1 Å². The van der Waals surface area contributed by atoms with Crippen LogP contribution in [0.5, 0.6) is 0 Å². The lowest BCUT2D eigenvalue weighted by atomic mass is 9.79. The summed E-state index contributed by atoms with van der Waals surface area (Å²) in [7, 11) is 0. The van der Waals surface area contributed by atoms with Crippen molar-refractivity contribution in [1.82, 2.24) is 9.78 Å². The van der Waals surface area contributed by atoms with E-state index >= 15 is 0 Å². The van der Waals surface area contributed by atoms with Gasteiger partial charge >= 0.3 is 0 Å². The SMILES string of the molecule is Cc1nn(-c2ccccc2)c(Cl)c1C[NH2+]C1CC(C)(C)[NH2+]C(C)(C)C1. The summed E-state index contributed by atoms with van der Waals surface area (Å²) in [4.78, 5) is 0. The fourth-order valence-electron chi connectivity index (χ4n) is 4.55. The summed E-state index contributed by atoms with van der Waals surface area (Å²) in [6, 6.07) is 10.7. The standard InChI is InChI=1S/C20H29ClN4/c1-14-17(18(21)25(23-14)16-9-7-6-8-10-16)13-22-15-11-19(2,3)24-20(4,5)12-15/h6-10,15,22,24H,11-13H2,1-5H3/p+2. The topological polar surface area (TPSA) is 51.0 Å². The Bertz CT molecular complexity index is 718. The predicted molar refractivity (Wildman–Crippen MR) is 102 cm³/mol. The largest absolute Gasteiger partial charge is 0.340 e. The number of para-hydroxylation sites is 1. The fraction of sp³-hybridized carbons (Fsp3) is 0.550. The van der Waals surface area contributed by atoms with Gasteiger partial charge in [-0.1, -0.05) is 29.8 Å². The summed E-state index contributed by atoms with van der Waals surface area (Å²) in [6.07, 6.45) is 2.42. The first-order chi connectivity index (χ1) is 11.7. The molecule has 136 valence electrons. The highest BCUT2D eigenvalue weighted by Crippen LogP contribution is 2.23. The van der Waals surface area contributed by atoms with Crippen molar-refractivity contribution >= 4 is 11.6 Å². The molecule has 0 spiro atoms. The molecule has 5 heteroatoms. The zero-order chi connectivity index (χ0) is 18.2. The second-order valence-electron chi connectivity index (χ2n) is 8.83. The van der Waals surface area contributed by atoms with E-state index in [1.807, 2.05) is 35.0 Å². The normalized spacial score (nSPS) is 19.9. The summed E-state index contributed by atoms with van der Waals surface area (Å²) in [5.74, 6) is 0. The van der Waals surface area contributed by atoms with Gasteiger partial charge in [-0.3, -0.25) is 0 Å². The van der Waals surface area contributed by atoms with E-state index in [1.165, 1.54) is 12.8 Å². The van der Waals surface area contributed by atoms with Crippen LogP contribution in [0.15, 0.2) is 30.3 Å². The summed E-state index contributed by atoms with van der Waals surface area (Å²) >= 11 is 6.67. The summed E-state index contributed by atoms with van der Waals surface area (Å²) < 4.78 is 1.85. The molecule has 2 aromatic rings. The smallest absolute Gasteiger partial charge is 0.142 e. The maximum Gasteiger partial charge on any atom is 0.142 e. The minimum atomic E-state index is 0.288. The highest BCUT2D eigenvalue weighted by atomic mass is 35.5. The second kappa shape index (κ2) is 6.75. The van der Waals surface area contributed by atoms with Crippen molar-refractivity contribution < 1.29 is 10.6 Å². The van der Waals surface area contributed by atoms with Crippen LogP contribution in [0.1, 0.15) is 51.8 Å². The summed E-state index contributed by atoms with van der Waals surface area (Å²) in [5.41, 5.74) is 3.75. The molecule has 0 unspecified atom stereocenters. The van der Waals surface area contributed by atoms with E-state index in [4.69, 9.17) is 11.6 Å². The summed E-state index contributed by atoms with van der Waals surface area (Å²) in [6.45, 7) is 12.3. The number of nitrogens with zero attached hydrogens (tertiary/aromatic N) is 2. The minimum absolute atomic E-state index is 0.288. The molecule has 1 aromatic heterocycles. The van der Waals surface area contributed by atoms with Crippen LogP contribution in [-0.4, -0.2) is 26.9 Å². The number of hydrogen-bond donors (Lipinski definition) is 2. The number of benzene rings is 1. The van der Waals surface area contributed by atoms with Gasteiger partial charge in [-0.15, -0.1) is 0 Å². The van der Waals surface area contributed by atoms with Gasteiger partial charge < -0.3 is 10.6 Å². The first kappa shape index (κ1) is 18.4. The third-order valence-electron chi connectivity index (χ3n) is 5.14. The lowest BCUT2D eigenvalue weighted by molar-refractivity contribution is -0.816. The van der Waals surface area contributed by atoms with E-state index in [-0.39, 0.29) is 11.1 Å². The number of halogens is 1. The lowest BCUT2D eigenvalue weighted by Crippen LogP contribution is -3.09. The van der Waals surface area contributed by atoms with E-state index in [9.17, 15) is 0 Å². The zero-order valence-corrected chi connectivity index (χ0v) is 16.8. The third-order valence-corrected chi connectivity index (χ3v) is 5.52. The van der Waals surface area contributed by atoms with E-state index in [0.29, 0.717) is 6.04 Å². The highest BCUT2D eigenvalue weighted by Gasteiger charge is 2.43. The van der Waals surface area contributed by atoms with Crippen LogP contribution in [0, 0.1) is 6.92 Å². The Hall–Kier alpha value is -1.36. The fourth-order valence-corrected chi connectivity index (χ4v) is 4.90. The maximum atomic E-state index is 6.67. The van der Waals surface area contributed by atoms with Crippen LogP contribution >= 0.6 is 11.6 Å². The quantitative estimate of drug-likeness (QED) is 0.860. The molecule has 25 heavy (non-hydrogen) atoms. The maximum absolute atomic E-state index is 6.67. The number of rotatable bonds is 4. The van der Waals surface area contributed by atoms with Crippen LogP contribution in [0.3, 0.4) is 0 Å². The van der Waals surface area contributed by atoms with Gasteiger partial charge in [0.2, 0.25) is 0 Å². The van der Waals surface area contributed by atoms with E-state index in [2.05, 4.69) is 50.4 Å². The molecule has 1 fully saturated rings. The monoisotopic (exact) mass is 362 g/mol. The van der Waals surface area contributed by atoms with Crippen LogP contribution < -0.4 is 10.6 Å². The van der Waals surface area contributed by atoms with Crippen molar-refractivity contribution in [2.24, 2.45) is 0 Å². The first-order valence-electron chi connectivity index (χ1n) is 9.17. The van der Waals surface area contributed by atoms with Gasteiger partial charge in [0.25, 0.3) is 0 Å². The van der Waals surface area contributed by atoms with Gasteiger partial charge in [-0.05, 0) is 46.8 Å². The Kier molecular flexibility index (Phi) is 4.97. The average Bonchev–Trinajstić information content (AvgIpc) is 2.78. The van der Waals surface area contributed by atoms with Gasteiger partial charge in [0.1, 0.15) is 11.7 Å². The van der Waals surface area contributed by atoms with Gasteiger partial charge in [-0.25, -0.2) is 4.68 Å². The molecule has 1 aromatic carbocycles. The Morgan fingerprint density at radius 3 is 2.36 bits per heavy atom. The Morgan fingerprint density at radius 1 is 1.16 bits per heavy atom. The molecule has 0 aliphatic carbocycles. The van der Waals surface area contributed by atoms with Crippen LogP contribution in [0.25, 0.3) is 5.69 Å². The number of nitrogens with two attached hydrogens (primary N) is 2. The molecule has 1 aliphatic heterocycles. The van der Waals surface area contributed by atoms with Gasteiger partial charge in [0, 0.05) is 0 Å². The molecule has 0 amide bonds. The van der Waals surface area contributed by atoms with E-state index in [1.54, 1.807) is 0 Å². The van der Waals surface area contributed by atoms with Crippen molar-refractivity contribution in [3.63, 3.8) is 0 Å². The molecule has 0 bridgehead atoms. The van der Waals surface area contributed by atoms with Crippen LogP contribution in [0.4, 0.5) is 0 Å². The molecular formula is C20H31ClN4+2. The molecule has 4 N–H and O–H groups in total. The van der Waals surface area contributed by atoms with Crippen molar-refractivity contribution in [2.75, 3.05) is 0 Å². The predicted octanol–water partition coefficient (Wildman–Crippen LogP) is 2.18. The second-order valence-corrected chi connectivity index (χ2v) is 9.19. The summed E-state index contributed by atoms with van der Waals surface area (Å²) in [5, 5.41) is 10.4. The Balaban J connectivity index is 1.75. The molecule has 0 atom stereocenters. The first-order valence-corrected chi connectivity index (χ1v) is 9.54. The molecule has 1 saturated heterocycles. The third kappa shape index (κ3) is 4.25. The molecule has 4 nitrogen and oxygen atoms in total. The molecule has 3 rings (SSSR count). The number of aryl methyl sites for hydroxylation is 1. The minimum Gasteiger partial charge on any atom is -0.340 e. The Labute approximate surface area is 156 Å². The molecule has 1 aliphatic rings. The van der Waals surface area contributed by atoms with Gasteiger partial charge in [-0.2, -0.15) is 5.10 Å². The molecular weight excluding hydrogens is 332 g/mol. The Morgan fingerprint density at radius 2 is 1.76 bits per heavy atom. The van der Waals surface area contributed by atoms with Crippen molar-refractivity contribution in [3.8, 4) is 5.69 Å². The zero-order valence-electron chi connectivity index (χ0n) is 16.0. The number of aromatic nitrogens is 2. The van der Waals surface area contributed by atoms with E-state index in [0.717, 1.165) is 28.6 Å². The number of quaternary nitrogens is 2. The average molecular weight is 363 g/mol. The van der Waals surface area contributed by atoms with Crippen molar-refractivity contribution in [1.29, 1.82) is 0 Å². The molecule has 0 radical (unpaired) electrons. The number of hydrogen-bond acceptors (Lipinski definition) is 1. The van der Waals surface area contributed by atoms with Gasteiger partial charge in [0.05, 0.1) is 46.9 Å². The lowest BCUT2D eigenvalue weighted by Gasteiger charge is -2.41. The molecule has 0 saturated carbocycles.